The summed E-state index contributed by atoms with van der Waals surface area (Å²) in [6, 6.07) is -0.0374. The molecule has 7 nitrogen and oxygen atoms in total. The number of hydrogen-bond donors (Lipinski definition) is 0. The van der Waals surface area contributed by atoms with Crippen LogP contribution >= 0.6 is 11.6 Å². The number of amides is 1. The van der Waals surface area contributed by atoms with Crippen molar-refractivity contribution in [3.8, 4) is 0 Å². The Balaban J connectivity index is 1.65. The van der Waals surface area contributed by atoms with Crippen LogP contribution in [0.2, 0.25) is 5.02 Å². The summed E-state index contributed by atoms with van der Waals surface area (Å²) in [5, 5.41) is 3.57. The van der Waals surface area contributed by atoms with E-state index in [0.29, 0.717) is 25.1 Å². The standard InChI is InChI=1S/C17H16ClF4N5O2/c18-14-10(17(20,21)22)4-5-23-11(14)8-26-16(29)27-12(2-1-3-13(27)24-26)15(28)25-6-9(19)7-25/h4-5,9,12H,1-3,6-8H2. The molecule has 0 radical (unpaired) electrons. The van der Waals surface area contributed by atoms with Crippen molar-refractivity contribution in [3.05, 3.63) is 44.9 Å². The summed E-state index contributed by atoms with van der Waals surface area (Å²) in [7, 11) is 0. The SMILES string of the molecule is O=C(C1CCCc2nn(Cc3nccc(C(F)(F)F)c3Cl)c(=O)n21)N1CC(F)C1. The van der Waals surface area contributed by atoms with E-state index in [1.54, 1.807) is 0 Å². The van der Waals surface area contributed by atoms with Gasteiger partial charge in [0.1, 0.15) is 18.0 Å². The van der Waals surface area contributed by atoms with Crippen molar-refractivity contribution >= 4 is 17.5 Å². The van der Waals surface area contributed by atoms with Crippen LogP contribution in [-0.4, -0.2) is 49.4 Å². The first-order chi connectivity index (χ1) is 13.7. The largest absolute Gasteiger partial charge is 0.417 e. The lowest BCUT2D eigenvalue weighted by atomic mass is 10.0. The Labute approximate surface area is 166 Å². The zero-order chi connectivity index (χ0) is 20.9. The normalized spacial score (nSPS) is 19.8. The van der Waals surface area contributed by atoms with E-state index >= 15 is 0 Å². The molecule has 4 heterocycles. The third kappa shape index (κ3) is 3.52. The zero-order valence-corrected chi connectivity index (χ0v) is 15.8. The average Bonchev–Trinajstić information content (AvgIpc) is 2.95. The lowest BCUT2D eigenvalue weighted by Gasteiger charge is -2.37. The van der Waals surface area contributed by atoms with Gasteiger partial charge in [-0.3, -0.25) is 14.3 Å². The van der Waals surface area contributed by atoms with Crippen LogP contribution in [0.25, 0.3) is 0 Å². The van der Waals surface area contributed by atoms with Crippen molar-refractivity contribution in [1.82, 2.24) is 24.2 Å². The smallest absolute Gasteiger partial charge is 0.335 e. The minimum atomic E-state index is -4.66. The van der Waals surface area contributed by atoms with Crippen LogP contribution in [-0.2, 0) is 23.9 Å². The van der Waals surface area contributed by atoms with Crippen LogP contribution in [0.4, 0.5) is 17.6 Å². The van der Waals surface area contributed by atoms with E-state index in [9.17, 15) is 27.2 Å². The summed E-state index contributed by atoms with van der Waals surface area (Å²) in [4.78, 5) is 30.7. The molecule has 0 bridgehead atoms. The maximum Gasteiger partial charge on any atom is 0.417 e. The van der Waals surface area contributed by atoms with Gasteiger partial charge in [-0.05, 0) is 18.9 Å². The van der Waals surface area contributed by atoms with Crippen molar-refractivity contribution < 1.29 is 22.4 Å². The molecule has 1 amide bonds. The van der Waals surface area contributed by atoms with E-state index in [1.807, 2.05) is 0 Å². The van der Waals surface area contributed by atoms with E-state index in [0.717, 1.165) is 16.9 Å². The van der Waals surface area contributed by atoms with Crippen molar-refractivity contribution in [2.75, 3.05) is 13.1 Å². The Kier molecular flexibility index (Phi) is 4.88. The van der Waals surface area contributed by atoms with E-state index in [4.69, 9.17) is 11.6 Å². The van der Waals surface area contributed by atoms with Gasteiger partial charge in [0.25, 0.3) is 0 Å². The van der Waals surface area contributed by atoms with E-state index < -0.39 is 34.7 Å². The van der Waals surface area contributed by atoms with Crippen molar-refractivity contribution in [2.24, 2.45) is 0 Å². The van der Waals surface area contributed by atoms with Crippen molar-refractivity contribution in [1.29, 1.82) is 0 Å². The van der Waals surface area contributed by atoms with Crippen molar-refractivity contribution in [2.45, 2.75) is 44.2 Å². The second-order valence-electron chi connectivity index (χ2n) is 7.09. The molecule has 4 rings (SSSR count). The van der Waals surface area contributed by atoms with Crippen LogP contribution in [0, 0.1) is 0 Å². The molecular formula is C17H16ClF4N5O2. The molecule has 0 aliphatic carbocycles. The van der Waals surface area contributed by atoms with Crippen LogP contribution in [0.5, 0.6) is 0 Å². The Morgan fingerprint density at radius 1 is 1.31 bits per heavy atom. The number of carbonyl (C=O) groups excluding carboxylic acids is 1. The molecule has 2 aliphatic heterocycles. The molecule has 2 aliphatic rings. The predicted molar refractivity (Wildman–Crippen MR) is 93.3 cm³/mol. The molecule has 0 aromatic carbocycles. The quantitative estimate of drug-likeness (QED) is 0.696. The number of rotatable bonds is 3. The minimum absolute atomic E-state index is 0.00266. The number of fused-ring (bicyclic) bond motifs is 1. The maximum absolute atomic E-state index is 13.1. The number of hydrogen-bond acceptors (Lipinski definition) is 4. The maximum atomic E-state index is 13.1. The fourth-order valence-corrected chi connectivity index (χ4v) is 3.92. The van der Waals surface area contributed by atoms with Gasteiger partial charge in [-0.2, -0.15) is 18.3 Å². The number of aryl methyl sites for hydroxylation is 1. The Hall–Kier alpha value is -2.43. The molecule has 156 valence electrons. The summed E-state index contributed by atoms with van der Waals surface area (Å²) >= 11 is 5.85. The fraction of sp³-hybridized carbons (Fsp3) is 0.529. The third-order valence-electron chi connectivity index (χ3n) is 5.13. The summed E-state index contributed by atoms with van der Waals surface area (Å²) in [6.45, 7) is -0.368. The summed E-state index contributed by atoms with van der Waals surface area (Å²) in [5.74, 6) is 0.0109. The van der Waals surface area contributed by atoms with Gasteiger partial charge in [-0.15, -0.1) is 0 Å². The highest BCUT2D eigenvalue weighted by molar-refractivity contribution is 6.32. The van der Waals surface area contributed by atoms with Crippen LogP contribution in [0.15, 0.2) is 17.1 Å². The molecule has 2 aromatic heterocycles. The van der Waals surface area contributed by atoms with E-state index in [-0.39, 0.29) is 31.2 Å². The predicted octanol–water partition coefficient (Wildman–Crippen LogP) is 2.22. The Morgan fingerprint density at radius 2 is 2.03 bits per heavy atom. The Bertz CT molecular complexity index is 1010. The van der Waals surface area contributed by atoms with Crippen LogP contribution in [0.1, 0.15) is 36.0 Å². The molecule has 29 heavy (non-hydrogen) atoms. The van der Waals surface area contributed by atoms with Crippen LogP contribution in [0.3, 0.4) is 0 Å². The van der Waals surface area contributed by atoms with E-state index in [2.05, 4.69) is 10.1 Å². The molecular weight excluding hydrogens is 418 g/mol. The number of carbonyl (C=O) groups is 1. The average molecular weight is 434 g/mol. The molecule has 12 heteroatoms. The highest BCUT2D eigenvalue weighted by Gasteiger charge is 2.39. The van der Waals surface area contributed by atoms with Gasteiger partial charge in [-0.1, -0.05) is 11.6 Å². The van der Waals surface area contributed by atoms with Gasteiger partial charge in [0.2, 0.25) is 5.91 Å². The first-order valence-corrected chi connectivity index (χ1v) is 9.36. The third-order valence-corrected chi connectivity index (χ3v) is 5.55. The molecule has 0 saturated carbocycles. The summed E-state index contributed by atoms with van der Waals surface area (Å²) in [6.07, 6.45) is -3.28. The molecule has 2 aromatic rings. The van der Waals surface area contributed by atoms with Gasteiger partial charge in [-0.25, -0.2) is 13.9 Å². The van der Waals surface area contributed by atoms with Gasteiger partial charge in [0.15, 0.2) is 0 Å². The topological polar surface area (TPSA) is 73.0 Å². The molecule has 1 unspecified atom stereocenters. The first kappa shape index (κ1) is 19.9. The zero-order valence-electron chi connectivity index (χ0n) is 15.0. The molecule has 1 saturated heterocycles. The minimum Gasteiger partial charge on any atom is -0.335 e. The van der Waals surface area contributed by atoms with E-state index in [1.165, 1.54) is 9.47 Å². The molecule has 0 spiro atoms. The number of pyridine rings is 1. The van der Waals surface area contributed by atoms with Gasteiger partial charge >= 0.3 is 11.9 Å². The second kappa shape index (κ2) is 7.12. The second-order valence-corrected chi connectivity index (χ2v) is 7.47. The summed E-state index contributed by atoms with van der Waals surface area (Å²) < 4.78 is 54.4. The first-order valence-electron chi connectivity index (χ1n) is 8.98. The monoisotopic (exact) mass is 433 g/mol. The number of nitrogens with zero attached hydrogens (tertiary/aromatic N) is 5. The number of aromatic nitrogens is 4. The van der Waals surface area contributed by atoms with Crippen LogP contribution < -0.4 is 5.69 Å². The highest BCUT2D eigenvalue weighted by Crippen LogP contribution is 2.35. The number of alkyl halides is 4. The molecule has 1 atom stereocenters. The molecule has 0 N–H and O–H groups in total. The Morgan fingerprint density at radius 3 is 2.69 bits per heavy atom. The van der Waals surface area contributed by atoms with Crippen molar-refractivity contribution in [3.63, 3.8) is 0 Å². The molecule has 1 fully saturated rings. The summed E-state index contributed by atoms with van der Waals surface area (Å²) in [5.41, 5.74) is -1.83. The van der Waals surface area contributed by atoms with Gasteiger partial charge in [0, 0.05) is 12.6 Å². The fourth-order valence-electron chi connectivity index (χ4n) is 3.64. The highest BCUT2D eigenvalue weighted by atomic mass is 35.5. The number of halogens is 5. The lowest BCUT2D eigenvalue weighted by Crippen LogP contribution is -2.54. The number of likely N-dealkylation sites (tertiary alicyclic amines) is 1. The van der Waals surface area contributed by atoms with Gasteiger partial charge in [0.05, 0.1) is 35.9 Å². The lowest BCUT2D eigenvalue weighted by molar-refractivity contribution is -0.142. The van der Waals surface area contributed by atoms with Gasteiger partial charge < -0.3 is 4.90 Å².